The van der Waals surface area contributed by atoms with Crippen LogP contribution in [0, 0.1) is 5.92 Å². The summed E-state index contributed by atoms with van der Waals surface area (Å²) in [6.07, 6.45) is 7.99. The highest BCUT2D eigenvalue weighted by atomic mass is 32.1. The van der Waals surface area contributed by atoms with Crippen LogP contribution < -0.4 is 0 Å². The summed E-state index contributed by atoms with van der Waals surface area (Å²) in [6, 6.07) is 68.5. The predicted molar refractivity (Wildman–Crippen MR) is 271 cm³/mol. The standard InChI is InChI=1S/C59H40N2S2/c1-37-10-9-13-43(30-37)40-20-24-42(25-21-40)54-36-53(41-22-18-39(19-23-41)38-11-3-2-4-12-38)60-59(61-54)48-32-46(44-26-28-57-51(34-44)49-14-5-7-16-55(49)62-57)31-47(33-48)45-27-29-58-52(35-45)50-15-6-8-17-56(50)63-58/h2-9,11-37H,10H2,1H3. The molecule has 0 fully saturated rings. The highest BCUT2D eigenvalue weighted by Gasteiger charge is 2.17. The van der Waals surface area contributed by atoms with Crippen molar-refractivity contribution in [2.45, 2.75) is 13.3 Å². The Morgan fingerprint density at radius 3 is 1.41 bits per heavy atom. The Hall–Kier alpha value is -7.24. The zero-order chi connectivity index (χ0) is 41.9. The summed E-state index contributed by atoms with van der Waals surface area (Å²) in [6.45, 7) is 2.28. The average Bonchev–Trinajstić information content (AvgIpc) is 3.92. The molecule has 0 radical (unpaired) electrons. The summed E-state index contributed by atoms with van der Waals surface area (Å²) in [7, 11) is 0. The van der Waals surface area contributed by atoms with E-state index in [9.17, 15) is 0 Å². The van der Waals surface area contributed by atoms with Gasteiger partial charge in [0.15, 0.2) is 5.82 Å². The molecule has 0 N–H and O–H groups in total. The molecule has 1 atom stereocenters. The van der Waals surface area contributed by atoms with Crippen LogP contribution in [0.15, 0.2) is 206 Å². The van der Waals surface area contributed by atoms with Crippen LogP contribution in [-0.4, -0.2) is 9.97 Å². The minimum absolute atomic E-state index is 0.531. The Morgan fingerprint density at radius 2 is 0.841 bits per heavy atom. The van der Waals surface area contributed by atoms with E-state index in [0.717, 1.165) is 45.6 Å². The first-order valence-corrected chi connectivity index (χ1v) is 23.2. The van der Waals surface area contributed by atoms with Crippen molar-refractivity contribution in [1.82, 2.24) is 9.97 Å². The lowest BCUT2D eigenvalue weighted by atomic mass is 9.93. The zero-order valence-electron chi connectivity index (χ0n) is 34.6. The Kier molecular flexibility index (Phi) is 9.28. The number of allylic oxidation sites excluding steroid dienone is 4. The molecule has 0 saturated carbocycles. The van der Waals surface area contributed by atoms with E-state index in [4.69, 9.17) is 9.97 Å². The predicted octanol–water partition coefficient (Wildman–Crippen LogP) is 17.2. The number of nitrogens with zero attached hydrogens (tertiary/aromatic N) is 2. The van der Waals surface area contributed by atoms with Crippen LogP contribution in [0.2, 0.25) is 0 Å². The smallest absolute Gasteiger partial charge is 0.160 e. The first-order chi connectivity index (χ1) is 31.1. The quantitative estimate of drug-likeness (QED) is 0.160. The lowest BCUT2D eigenvalue weighted by Gasteiger charge is -2.14. The third-order valence-electron chi connectivity index (χ3n) is 12.4. The minimum Gasteiger partial charge on any atom is -0.228 e. The molecule has 11 aromatic rings. The van der Waals surface area contributed by atoms with Crippen LogP contribution in [0.4, 0.5) is 0 Å². The van der Waals surface area contributed by atoms with Crippen molar-refractivity contribution in [3.8, 4) is 67.3 Å². The number of benzene rings is 8. The molecule has 3 heterocycles. The van der Waals surface area contributed by atoms with Gasteiger partial charge in [-0.3, -0.25) is 0 Å². The summed E-state index contributed by atoms with van der Waals surface area (Å²) in [4.78, 5) is 10.8. The Morgan fingerprint density at radius 1 is 0.381 bits per heavy atom. The van der Waals surface area contributed by atoms with Gasteiger partial charge in [0.25, 0.3) is 0 Å². The molecule has 4 heteroatoms. The molecule has 1 aliphatic carbocycles. The SMILES string of the molecule is CC1C=C(c2ccc(-c3cc(-c4ccc(-c5ccccc5)cc4)nc(-c4cc(-c5ccc6sc7ccccc7c6c5)cc(-c5ccc6sc7ccccc7c6c5)c4)n3)cc2)C=CC1. The van der Waals surface area contributed by atoms with Gasteiger partial charge < -0.3 is 0 Å². The molecular formula is C59H40N2S2. The highest BCUT2D eigenvalue weighted by molar-refractivity contribution is 7.26. The Balaban J connectivity index is 1.04. The van der Waals surface area contributed by atoms with Gasteiger partial charge in [0.05, 0.1) is 11.4 Å². The summed E-state index contributed by atoms with van der Waals surface area (Å²) < 4.78 is 5.20. The molecule has 298 valence electrons. The van der Waals surface area contributed by atoms with E-state index < -0.39 is 0 Å². The molecule has 0 saturated heterocycles. The van der Waals surface area contributed by atoms with E-state index in [1.54, 1.807) is 0 Å². The second-order valence-corrected chi connectivity index (χ2v) is 18.8. The van der Waals surface area contributed by atoms with Crippen LogP contribution in [0.5, 0.6) is 0 Å². The third kappa shape index (κ3) is 7.08. The maximum Gasteiger partial charge on any atom is 0.160 e. The topological polar surface area (TPSA) is 25.8 Å². The fourth-order valence-electron chi connectivity index (χ4n) is 9.10. The van der Waals surface area contributed by atoms with Crippen LogP contribution in [0.3, 0.4) is 0 Å². The highest BCUT2D eigenvalue weighted by Crippen LogP contribution is 2.41. The molecule has 63 heavy (non-hydrogen) atoms. The number of thiophene rings is 2. The molecule has 3 aromatic heterocycles. The largest absolute Gasteiger partial charge is 0.228 e. The molecule has 0 aliphatic heterocycles. The van der Waals surface area contributed by atoms with Gasteiger partial charge in [-0.2, -0.15) is 0 Å². The van der Waals surface area contributed by atoms with Crippen molar-refractivity contribution in [1.29, 1.82) is 0 Å². The molecular weight excluding hydrogens is 801 g/mol. The monoisotopic (exact) mass is 840 g/mol. The number of rotatable bonds is 7. The molecule has 0 bridgehead atoms. The second-order valence-electron chi connectivity index (χ2n) is 16.6. The first-order valence-electron chi connectivity index (χ1n) is 21.6. The minimum atomic E-state index is 0.531. The van der Waals surface area contributed by atoms with E-state index in [0.29, 0.717) is 11.7 Å². The van der Waals surface area contributed by atoms with Crippen molar-refractivity contribution < 1.29 is 0 Å². The van der Waals surface area contributed by atoms with E-state index in [-0.39, 0.29) is 0 Å². The molecule has 0 amide bonds. The second kappa shape index (κ2) is 15.6. The maximum atomic E-state index is 5.42. The average molecular weight is 841 g/mol. The fraction of sp³-hybridized carbons (Fsp3) is 0.0508. The van der Waals surface area contributed by atoms with Gasteiger partial charge in [-0.1, -0.05) is 153 Å². The Labute approximate surface area is 374 Å². The molecule has 8 aromatic carbocycles. The van der Waals surface area contributed by atoms with Crippen LogP contribution >= 0.6 is 22.7 Å². The van der Waals surface area contributed by atoms with Crippen LogP contribution in [0.25, 0.3) is 113 Å². The van der Waals surface area contributed by atoms with Crippen LogP contribution in [0.1, 0.15) is 18.9 Å². The molecule has 1 unspecified atom stereocenters. The molecule has 0 spiro atoms. The maximum absolute atomic E-state index is 5.42. The lowest BCUT2D eigenvalue weighted by molar-refractivity contribution is 0.740. The number of fused-ring (bicyclic) bond motifs is 6. The number of aromatic nitrogens is 2. The summed E-state index contributed by atoms with van der Waals surface area (Å²) >= 11 is 3.70. The number of hydrogen-bond donors (Lipinski definition) is 0. The van der Waals surface area contributed by atoms with Gasteiger partial charge in [0.1, 0.15) is 0 Å². The fourth-order valence-corrected chi connectivity index (χ4v) is 11.3. The van der Waals surface area contributed by atoms with Gasteiger partial charge in [-0.25, -0.2) is 9.97 Å². The van der Waals surface area contributed by atoms with E-state index in [2.05, 4.69) is 213 Å². The normalized spacial score (nSPS) is 13.9. The molecule has 2 nitrogen and oxygen atoms in total. The van der Waals surface area contributed by atoms with Crippen molar-refractivity contribution in [3.05, 3.63) is 212 Å². The zero-order valence-corrected chi connectivity index (χ0v) is 36.3. The molecule has 12 rings (SSSR count). The lowest BCUT2D eigenvalue weighted by Crippen LogP contribution is -1.98. The number of hydrogen-bond acceptors (Lipinski definition) is 4. The van der Waals surface area contributed by atoms with Crippen molar-refractivity contribution in [2.75, 3.05) is 0 Å². The summed E-state index contributed by atoms with van der Waals surface area (Å²) in [5, 5.41) is 5.15. The molecule has 1 aliphatic rings. The van der Waals surface area contributed by atoms with Crippen molar-refractivity contribution in [2.24, 2.45) is 5.92 Å². The van der Waals surface area contributed by atoms with E-state index >= 15 is 0 Å². The third-order valence-corrected chi connectivity index (χ3v) is 14.7. The van der Waals surface area contributed by atoms with Gasteiger partial charge in [-0.05, 0) is 118 Å². The summed E-state index contributed by atoms with van der Waals surface area (Å²) in [5.74, 6) is 1.22. The van der Waals surface area contributed by atoms with E-state index in [1.807, 2.05) is 22.7 Å². The van der Waals surface area contributed by atoms with Gasteiger partial charge in [0, 0.05) is 57.0 Å². The first kappa shape index (κ1) is 37.5. The van der Waals surface area contributed by atoms with Gasteiger partial charge >= 0.3 is 0 Å². The Bertz CT molecular complexity index is 3460. The van der Waals surface area contributed by atoms with Gasteiger partial charge in [0.2, 0.25) is 0 Å². The van der Waals surface area contributed by atoms with Crippen molar-refractivity contribution in [3.63, 3.8) is 0 Å². The summed E-state index contributed by atoms with van der Waals surface area (Å²) in [5.41, 5.74) is 14.3. The van der Waals surface area contributed by atoms with E-state index in [1.165, 1.54) is 73.7 Å². The van der Waals surface area contributed by atoms with Crippen LogP contribution in [-0.2, 0) is 0 Å². The van der Waals surface area contributed by atoms with Gasteiger partial charge in [-0.15, -0.1) is 22.7 Å². The van der Waals surface area contributed by atoms with Crippen molar-refractivity contribution >= 4 is 68.6 Å².